The highest BCUT2D eigenvalue weighted by Gasteiger charge is 2.24. The molecule has 0 spiro atoms. The molecule has 116 valence electrons. The van der Waals surface area contributed by atoms with Crippen LogP contribution in [0.1, 0.15) is 13.8 Å². The van der Waals surface area contributed by atoms with E-state index in [1.807, 2.05) is 32.0 Å². The van der Waals surface area contributed by atoms with Gasteiger partial charge in [0.1, 0.15) is 5.75 Å². The van der Waals surface area contributed by atoms with Crippen LogP contribution in [0, 0.1) is 0 Å². The van der Waals surface area contributed by atoms with Crippen molar-refractivity contribution < 1.29 is 9.84 Å². The maximum atomic E-state index is 9.99. The smallest absolute Gasteiger partial charge is 0.169 e. The van der Waals surface area contributed by atoms with E-state index in [-0.39, 0.29) is 18.0 Å². The zero-order valence-corrected chi connectivity index (χ0v) is 12.7. The highest BCUT2D eigenvalue weighted by molar-refractivity contribution is 5.74. The topological polar surface area (TPSA) is 84.5 Å². The van der Waals surface area contributed by atoms with Crippen molar-refractivity contribution in [2.45, 2.75) is 26.1 Å². The number of morpholine rings is 1. The fraction of sp³-hybridized carbons (Fsp3) is 0.375. The van der Waals surface area contributed by atoms with Crippen LogP contribution in [0.25, 0.3) is 11.3 Å². The van der Waals surface area contributed by atoms with Gasteiger partial charge in [0.25, 0.3) is 0 Å². The Morgan fingerprint density at radius 1 is 1.18 bits per heavy atom. The van der Waals surface area contributed by atoms with Crippen molar-refractivity contribution in [2.24, 2.45) is 0 Å². The van der Waals surface area contributed by atoms with Crippen molar-refractivity contribution in [2.75, 3.05) is 23.7 Å². The third kappa shape index (κ3) is 2.82. The molecule has 1 aromatic carbocycles. The van der Waals surface area contributed by atoms with E-state index in [0.29, 0.717) is 17.1 Å². The van der Waals surface area contributed by atoms with Gasteiger partial charge in [0.15, 0.2) is 5.82 Å². The number of para-hydroxylation sites is 1. The molecule has 1 aliphatic heterocycles. The van der Waals surface area contributed by atoms with E-state index in [1.165, 1.54) is 0 Å². The highest BCUT2D eigenvalue weighted by Crippen LogP contribution is 2.32. The summed E-state index contributed by atoms with van der Waals surface area (Å²) >= 11 is 0. The van der Waals surface area contributed by atoms with Crippen molar-refractivity contribution >= 4 is 11.5 Å². The number of nitrogens with zero attached hydrogens (tertiary/aromatic N) is 3. The minimum absolute atomic E-state index is 0.130. The first-order valence-electron chi connectivity index (χ1n) is 7.36. The molecule has 2 atom stereocenters. The van der Waals surface area contributed by atoms with Crippen LogP contribution in [0.2, 0.25) is 0 Å². The molecule has 1 aromatic heterocycles. The van der Waals surface area contributed by atoms with Crippen LogP contribution >= 0.6 is 0 Å². The number of hydrogen-bond donors (Lipinski definition) is 2. The molecule has 1 saturated heterocycles. The third-order valence-electron chi connectivity index (χ3n) is 3.74. The molecule has 3 N–H and O–H groups in total. The van der Waals surface area contributed by atoms with Gasteiger partial charge in [-0.1, -0.05) is 12.1 Å². The molecule has 2 aromatic rings. The lowest BCUT2D eigenvalue weighted by Crippen LogP contribution is -2.45. The number of benzene rings is 1. The number of phenols is 1. The largest absolute Gasteiger partial charge is 0.507 e. The molecule has 0 radical (unpaired) electrons. The Balaban J connectivity index is 1.98. The van der Waals surface area contributed by atoms with Gasteiger partial charge in [0.05, 0.1) is 23.6 Å². The predicted octanol–water partition coefficient (Wildman–Crippen LogP) is 2.04. The summed E-state index contributed by atoms with van der Waals surface area (Å²) in [7, 11) is 0. The summed E-state index contributed by atoms with van der Waals surface area (Å²) in [5.41, 5.74) is 8.09. The number of aromatic nitrogens is 2. The molecular weight excluding hydrogens is 280 g/mol. The number of nitrogens with two attached hydrogens (primary N) is 1. The second-order valence-electron chi connectivity index (χ2n) is 5.68. The maximum Gasteiger partial charge on any atom is 0.169 e. The number of nitrogen functional groups attached to an aromatic ring is 1. The van der Waals surface area contributed by atoms with Crippen molar-refractivity contribution in [3.05, 3.63) is 30.3 Å². The molecule has 0 aliphatic carbocycles. The molecule has 0 amide bonds. The number of rotatable bonds is 2. The molecule has 6 nitrogen and oxygen atoms in total. The molecule has 6 heteroatoms. The van der Waals surface area contributed by atoms with Gasteiger partial charge in [-0.15, -0.1) is 10.2 Å². The standard InChI is InChI=1S/C16H20N4O2/c1-10-8-20(9-11(2)22-10)14-7-13(18-19-16(14)17)12-5-3-4-6-15(12)21/h3-7,10-11,21H,8-9H2,1-2H3,(H2,17,19)/t10-,11-/m1/s1. The first-order chi connectivity index (χ1) is 10.5. The lowest BCUT2D eigenvalue weighted by molar-refractivity contribution is -0.00519. The van der Waals surface area contributed by atoms with Crippen LogP contribution in [-0.2, 0) is 4.74 Å². The van der Waals surface area contributed by atoms with Gasteiger partial charge in [0, 0.05) is 18.7 Å². The molecule has 0 unspecified atom stereocenters. The summed E-state index contributed by atoms with van der Waals surface area (Å²) in [5.74, 6) is 0.566. The van der Waals surface area contributed by atoms with E-state index in [0.717, 1.165) is 18.8 Å². The Labute approximate surface area is 129 Å². The summed E-state index contributed by atoms with van der Waals surface area (Å²) in [5, 5.41) is 18.2. The Morgan fingerprint density at radius 3 is 2.55 bits per heavy atom. The normalized spacial score (nSPS) is 21.8. The van der Waals surface area contributed by atoms with Crippen molar-refractivity contribution in [1.82, 2.24) is 10.2 Å². The van der Waals surface area contributed by atoms with E-state index in [9.17, 15) is 5.11 Å². The maximum absolute atomic E-state index is 9.99. The van der Waals surface area contributed by atoms with Crippen LogP contribution < -0.4 is 10.6 Å². The second-order valence-corrected chi connectivity index (χ2v) is 5.68. The number of anilines is 2. The quantitative estimate of drug-likeness (QED) is 0.883. The van der Waals surface area contributed by atoms with E-state index in [2.05, 4.69) is 15.1 Å². The zero-order valence-electron chi connectivity index (χ0n) is 12.7. The molecular formula is C16H20N4O2. The number of aromatic hydroxyl groups is 1. The van der Waals surface area contributed by atoms with Crippen LogP contribution in [0.15, 0.2) is 30.3 Å². The number of ether oxygens (including phenoxy) is 1. The van der Waals surface area contributed by atoms with Gasteiger partial charge in [-0.25, -0.2) is 0 Å². The SMILES string of the molecule is C[C@@H]1CN(c2cc(-c3ccccc3O)nnc2N)C[C@@H](C)O1. The lowest BCUT2D eigenvalue weighted by atomic mass is 10.1. The van der Waals surface area contributed by atoms with Crippen molar-refractivity contribution in [3.63, 3.8) is 0 Å². The molecule has 3 rings (SSSR count). The number of phenolic OH excluding ortho intramolecular Hbond substituents is 1. The number of hydrogen-bond acceptors (Lipinski definition) is 6. The minimum Gasteiger partial charge on any atom is -0.507 e. The first-order valence-corrected chi connectivity index (χ1v) is 7.36. The monoisotopic (exact) mass is 300 g/mol. The summed E-state index contributed by atoms with van der Waals surface area (Å²) in [6.45, 7) is 5.58. The van der Waals surface area contributed by atoms with E-state index in [1.54, 1.807) is 12.1 Å². The predicted molar refractivity (Wildman–Crippen MR) is 85.8 cm³/mol. The summed E-state index contributed by atoms with van der Waals surface area (Å²) in [6, 6.07) is 8.94. The minimum atomic E-state index is 0.130. The van der Waals surface area contributed by atoms with Gasteiger partial charge < -0.3 is 20.5 Å². The summed E-state index contributed by atoms with van der Waals surface area (Å²) in [4.78, 5) is 2.16. The van der Waals surface area contributed by atoms with E-state index in [4.69, 9.17) is 10.5 Å². The van der Waals surface area contributed by atoms with Gasteiger partial charge in [0.2, 0.25) is 0 Å². The molecule has 0 bridgehead atoms. The van der Waals surface area contributed by atoms with Crippen molar-refractivity contribution in [1.29, 1.82) is 0 Å². The van der Waals surface area contributed by atoms with Gasteiger partial charge in [-0.3, -0.25) is 0 Å². The Morgan fingerprint density at radius 2 is 1.86 bits per heavy atom. The summed E-state index contributed by atoms with van der Waals surface area (Å²) in [6.07, 6.45) is 0.259. The second kappa shape index (κ2) is 5.81. The van der Waals surface area contributed by atoms with E-state index < -0.39 is 0 Å². The lowest BCUT2D eigenvalue weighted by Gasteiger charge is -2.37. The average molecular weight is 300 g/mol. The average Bonchev–Trinajstić information content (AvgIpc) is 2.47. The van der Waals surface area contributed by atoms with Crippen LogP contribution in [0.5, 0.6) is 5.75 Å². The Hall–Kier alpha value is -2.34. The van der Waals surface area contributed by atoms with Crippen LogP contribution in [0.3, 0.4) is 0 Å². The first kappa shape index (κ1) is 14.6. The van der Waals surface area contributed by atoms with Crippen LogP contribution in [0.4, 0.5) is 11.5 Å². The third-order valence-corrected chi connectivity index (χ3v) is 3.74. The molecule has 1 aliphatic rings. The molecule has 2 heterocycles. The van der Waals surface area contributed by atoms with Crippen LogP contribution in [-0.4, -0.2) is 40.6 Å². The van der Waals surface area contributed by atoms with E-state index >= 15 is 0 Å². The Kier molecular flexibility index (Phi) is 3.85. The summed E-state index contributed by atoms with van der Waals surface area (Å²) < 4.78 is 5.75. The Bertz CT molecular complexity index is 667. The highest BCUT2D eigenvalue weighted by atomic mass is 16.5. The zero-order chi connectivity index (χ0) is 15.7. The molecule has 1 fully saturated rings. The van der Waals surface area contributed by atoms with Crippen molar-refractivity contribution in [3.8, 4) is 17.0 Å². The molecule has 0 saturated carbocycles. The van der Waals surface area contributed by atoms with Gasteiger partial charge >= 0.3 is 0 Å². The fourth-order valence-corrected chi connectivity index (χ4v) is 2.84. The molecule has 22 heavy (non-hydrogen) atoms. The fourth-order valence-electron chi connectivity index (χ4n) is 2.84. The van der Waals surface area contributed by atoms with Gasteiger partial charge in [-0.2, -0.15) is 0 Å². The van der Waals surface area contributed by atoms with Gasteiger partial charge in [-0.05, 0) is 32.0 Å².